The van der Waals surface area contributed by atoms with E-state index in [1.807, 2.05) is 49.1 Å². The highest BCUT2D eigenvalue weighted by Crippen LogP contribution is 2.28. The molecule has 4 rings (SSSR count). The number of hydrogen-bond donors (Lipinski definition) is 1. The van der Waals surface area contributed by atoms with Crippen molar-refractivity contribution in [3.63, 3.8) is 0 Å². The summed E-state index contributed by atoms with van der Waals surface area (Å²) in [5, 5.41) is 4.40. The van der Waals surface area contributed by atoms with Crippen molar-refractivity contribution in [2.45, 2.75) is 45.6 Å². The normalized spacial score (nSPS) is 17.5. The highest BCUT2D eigenvalue weighted by atomic mass is 35.5. The number of nitrogens with one attached hydrogen (secondary N) is 1. The summed E-state index contributed by atoms with van der Waals surface area (Å²) >= 11 is 6.02. The Morgan fingerprint density at radius 2 is 1.75 bits per heavy atom. The smallest absolute Gasteiger partial charge is 0.255 e. The number of hydrogen-bond acceptors (Lipinski definition) is 2. The van der Waals surface area contributed by atoms with Gasteiger partial charge in [0.2, 0.25) is 0 Å². The molecule has 1 amide bonds. The molecule has 0 unspecified atom stereocenters. The Kier molecular flexibility index (Phi) is 6.74. The Morgan fingerprint density at radius 3 is 2.36 bits per heavy atom. The van der Waals surface area contributed by atoms with Crippen LogP contribution >= 0.6 is 24.0 Å². The first-order valence-electron chi connectivity index (χ1n) is 10.0. The number of rotatable bonds is 5. The minimum Gasteiger partial charge on any atom is -0.338 e. The summed E-state index contributed by atoms with van der Waals surface area (Å²) in [5.74, 6) is 1.06. The largest absolute Gasteiger partial charge is 0.338 e. The second kappa shape index (κ2) is 8.89. The Morgan fingerprint density at radius 1 is 1.11 bits per heavy atom. The lowest BCUT2D eigenvalue weighted by atomic mass is 10.0. The molecule has 1 aromatic heterocycles. The molecule has 0 atom stereocenters. The molecular weight excluding hydrogens is 393 g/mol. The zero-order chi connectivity index (χ0) is 19.0. The fourth-order valence-electron chi connectivity index (χ4n) is 4.08. The molecule has 1 saturated heterocycles. The molecule has 0 radical (unpaired) electrons. The minimum absolute atomic E-state index is 0. The molecular formula is C22H29Cl2N3O. The van der Waals surface area contributed by atoms with E-state index in [4.69, 9.17) is 11.6 Å². The van der Waals surface area contributed by atoms with E-state index in [0.29, 0.717) is 6.04 Å². The Labute approximate surface area is 178 Å². The van der Waals surface area contributed by atoms with Crippen LogP contribution in [0.15, 0.2) is 30.3 Å². The number of benzene rings is 1. The molecule has 2 aliphatic rings. The lowest BCUT2D eigenvalue weighted by Gasteiger charge is -2.32. The highest BCUT2D eigenvalue weighted by molar-refractivity contribution is 6.30. The molecule has 28 heavy (non-hydrogen) atoms. The Hall–Kier alpha value is -1.49. The van der Waals surface area contributed by atoms with Crippen molar-refractivity contribution in [1.82, 2.24) is 14.8 Å². The summed E-state index contributed by atoms with van der Waals surface area (Å²) in [6, 6.07) is 10.3. The first-order chi connectivity index (χ1) is 13.0. The fraction of sp³-hybridized carbons (Fsp3) is 0.500. The van der Waals surface area contributed by atoms with Crippen LogP contribution < -0.4 is 5.32 Å². The van der Waals surface area contributed by atoms with Gasteiger partial charge in [0.05, 0.1) is 5.56 Å². The van der Waals surface area contributed by atoms with Crippen molar-refractivity contribution in [3.8, 4) is 5.69 Å². The number of aromatic nitrogens is 1. The predicted octanol–water partition coefficient (Wildman–Crippen LogP) is 4.77. The maximum absolute atomic E-state index is 13.1. The van der Waals surface area contributed by atoms with E-state index in [0.717, 1.165) is 66.1 Å². The van der Waals surface area contributed by atoms with Gasteiger partial charge in [-0.3, -0.25) is 4.79 Å². The van der Waals surface area contributed by atoms with Gasteiger partial charge in [0.1, 0.15) is 0 Å². The maximum Gasteiger partial charge on any atom is 0.255 e. The lowest BCUT2D eigenvalue weighted by molar-refractivity contribution is 0.0704. The summed E-state index contributed by atoms with van der Waals surface area (Å²) in [6.45, 7) is 6.91. The summed E-state index contributed by atoms with van der Waals surface area (Å²) in [5.41, 5.74) is 3.91. The lowest BCUT2D eigenvalue weighted by Crippen LogP contribution is -2.45. The Bertz CT molecular complexity index is 819. The van der Waals surface area contributed by atoms with Crippen LogP contribution in [-0.2, 0) is 0 Å². The molecule has 1 aliphatic carbocycles. The average Bonchev–Trinajstić information content (AvgIpc) is 3.45. The standard InChI is InChI=1S/C22H28ClN3O.ClH/c1-15-13-21(16(2)26(15)20-7-5-18(23)6-8-20)22(27)25-11-9-19(10-12-25)24-14-17-3-4-17;/h5-8,13,17,19,24H,3-4,9-12,14H2,1-2H3;1H. The molecule has 6 heteroatoms. The average molecular weight is 422 g/mol. The van der Waals surface area contributed by atoms with Crippen molar-refractivity contribution in [2.75, 3.05) is 19.6 Å². The molecule has 1 saturated carbocycles. The van der Waals surface area contributed by atoms with Gasteiger partial charge < -0.3 is 14.8 Å². The third-order valence-electron chi connectivity index (χ3n) is 5.92. The zero-order valence-electron chi connectivity index (χ0n) is 16.6. The molecule has 4 nitrogen and oxygen atoms in total. The molecule has 152 valence electrons. The van der Waals surface area contributed by atoms with E-state index >= 15 is 0 Å². The number of halogens is 2. The van der Waals surface area contributed by atoms with Gasteiger partial charge in [0.25, 0.3) is 5.91 Å². The topological polar surface area (TPSA) is 37.3 Å². The third kappa shape index (κ3) is 4.56. The number of piperidine rings is 1. The van der Waals surface area contributed by atoms with Gasteiger partial charge >= 0.3 is 0 Å². The molecule has 1 aliphatic heterocycles. The number of likely N-dealkylation sites (tertiary alicyclic amines) is 1. The molecule has 2 fully saturated rings. The molecule has 1 N–H and O–H groups in total. The van der Waals surface area contributed by atoms with Crippen LogP contribution in [0.1, 0.15) is 47.4 Å². The number of carbonyl (C=O) groups excluding carboxylic acids is 1. The van der Waals surface area contributed by atoms with Crippen LogP contribution in [0.2, 0.25) is 5.02 Å². The summed E-state index contributed by atoms with van der Waals surface area (Å²) in [4.78, 5) is 15.1. The molecule has 2 heterocycles. The van der Waals surface area contributed by atoms with Gasteiger partial charge in [0.15, 0.2) is 0 Å². The minimum atomic E-state index is 0. The second-order valence-corrected chi connectivity index (χ2v) is 8.45. The molecule has 1 aromatic carbocycles. The quantitative estimate of drug-likeness (QED) is 0.754. The number of aryl methyl sites for hydroxylation is 1. The monoisotopic (exact) mass is 421 g/mol. The summed E-state index contributed by atoms with van der Waals surface area (Å²) in [6.07, 6.45) is 4.86. The van der Waals surface area contributed by atoms with Gasteiger partial charge in [-0.2, -0.15) is 0 Å². The van der Waals surface area contributed by atoms with Gasteiger partial charge in [-0.05, 0) is 82.3 Å². The van der Waals surface area contributed by atoms with E-state index in [1.165, 1.54) is 12.8 Å². The van der Waals surface area contributed by atoms with Crippen LogP contribution in [-0.4, -0.2) is 41.1 Å². The number of carbonyl (C=O) groups is 1. The number of amides is 1. The van der Waals surface area contributed by atoms with Crippen molar-refractivity contribution in [2.24, 2.45) is 5.92 Å². The van der Waals surface area contributed by atoms with Gasteiger partial charge in [-0.15, -0.1) is 12.4 Å². The maximum atomic E-state index is 13.1. The van der Waals surface area contributed by atoms with Crippen molar-refractivity contribution < 1.29 is 4.79 Å². The molecule has 0 bridgehead atoms. The van der Waals surface area contributed by atoms with Crippen molar-refractivity contribution in [1.29, 1.82) is 0 Å². The van der Waals surface area contributed by atoms with Crippen LogP contribution in [0.4, 0.5) is 0 Å². The fourth-order valence-corrected chi connectivity index (χ4v) is 4.21. The molecule has 0 spiro atoms. The first-order valence-corrected chi connectivity index (χ1v) is 10.4. The highest BCUT2D eigenvalue weighted by Gasteiger charge is 2.28. The van der Waals surface area contributed by atoms with Gasteiger partial charge in [-0.1, -0.05) is 11.6 Å². The van der Waals surface area contributed by atoms with Crippen molar-refractivity contribution in [3.05, 3.63) is 52.3 Å². The van der Waals surface area contributed by atoms with E-state index in [-0.39, 0.29) is 18.3 Å². The zero-order valence-corrected chi connectivity index (χ0v) is 18.2. The number of nitrogens with zero attached hydrogens (tertiary/aromatic N) is 2. The van der Waals surface area contributed by atoms with E-state index in [2.05, 4.69) is 9.88 Å². The third-order valence-corrected chi connectivity index (χ3v) is 6.17. The molecule has 2 aromatic rings. The predicted molar refractivity (Wildman–Crippen MR) is 117 cm³/mol. The van der Waals surface area contributed by atoms with Crippen molar-refractivity contribution >= 4 is 29.9 Å². The second-order valence-electron chi connectivity index (χ2n) is 8.01. The van der Waals surface area contributed by atoms with Gasteiger partial charge in [0, 0.05) is 41.2 Å². The van der Waals surface area contributed by atoms with Gasteiger partial charge in [-0.25, -0.2) is 0 Å². The van der Waals surface area contributed by atoms with E-state index < -0.39 is 0 Å². The Balaban J connectivity index is 0.00000225. The summed E-state index contributed by atoms with van der Waals surface area (Å²) in [7, 11) is 0. The van der Waals surface area contributed by atoms with Crippen LogP contribution in [0.25, 0.3) is 5.69 Å². The van der Waals surface area contributed by atoms with E-state index in [1.54, 1.807) is 0 Å². The SMILES string of the molecule is Cc1cc(C(=O)N2CCC(NCC3CC3)CC2)c(C)n1-c1ccc(Cl)cc1.Cl. The van der Waals surface area contributed by atoms with E-state index in [9.17, 15) is 4.79 Å². The van der Waals surface area contributed by atoms with Crippen LogP contribution in [0, 0.1) is 19.8 Å². The summed E-state index contributed by atoms with van der Waals surface area (Å²) < 4.78 is 2.13. The first kappa shape index (κ1) is 21.2. The van der Waals surface area contributed by atoms with Crippen LogP contribution in [0.5, 0.6) is 0 Å². The van der Waals surface area contributed by atoms with Crippen LogP contribution in [0.3, 0.4) is 0 Å².